The molecule has 7 heteroatoms. The number of anilines is 1. The van der Waals surface area contributed by atoms with E-state index in [4.69, 9.17) is 4.74 Å². The van der Waals surface area contributed by atoms with Gasteiger partial charge in [0, 0.05) is 0 Å². The third-order valence-electron chi connectivity index (χ3n) is 5.48. The van der Waals surface area contributed by atoms with E-state index < -0.39 is 16.1 Å². The average Bonchev–Trinajstić information content (AvgIpc) is 2.82. The van der Waals surface area contributed by atoms with Gasteiger partial charge in [0.25, 0.3) is 5.91 Å². The van der Waals surface area contributed by atoms with E-state index in [0.29, 0.717) is 23.4 Å². The Kier molecular flexibility index (Phi) is 6.46. The van der Waals surface area contributed by atoms with Crippen LogP contribution in [0.1, 0.15) is 30.5 Å². The lowest BCUT2D eigenvalue weighted by Gasteiger charge is -2.35. The highest BCUT2D eigenvalue weighted by atomic mass is 32.2. The summed E-state index contributed by atoms with van der Waals surface area (Å²) < 4.78 is 33.9. The molecular formula is C25H26N2O4S. The van der Waals surface area contributed by atoms with Crippen molar-refractivity contribution in [1.82, 2.24) is 5.32 Å². The zero-order valence-electron chi connectivity index (χ0n) is 17.8. The van der Waals surface area contributed by atoms with E-state index >= 15 is 0 Å². The van der Waals surface area contributed by atoms with Crippen LogP contribution in [-0.2, 0) is 20.6 Å². The van der Waals surface area contributed by atoms with Crippen molar-refractivity contribution in [2.45, 2.75) is 31.2 Å². The Morgan fingerprint density at radius 3 is 2.31 bits per heavy atom. The molecule has 3 aromatic carbocycles. The van der Waals surface area contributed by atoms with Gasteiger partial charge in [-0.1, -0.05) is 79.7 Å². The predicted octanol–water partition coefficient (Wildman–Crippen LogP) is 4.05. The fraction of sp³-hybridized carbons (Fsp3) is 0.240. The van der Waals surface area contributed by atoms with Crippen molar-refractivity contribution in [3.05, 3.63) is 96.1 Å². The molecule has 3 aromatic rings. The summed E-state index contributed by atoms with van der Waals surface area (Å²) >= 11 is 0. The summed E-state index contributed by atoms with van der Waals surface area (Å²) in [5.74, 6) is -0.114. The van der Waals surface area contributed by atoms with Gasteiger partial charge in [0.05, 0.1) is 24.0 Å². The van der Waals surface area contributed by atoms with Gasteiger partial charge >= 0.3 is 0 Å². The van der Waals surface area contributed by atoms with E-state index in [1.54, 1.807) is 36.4 Å². The van der Waals surface area contributed by atoms with Crippen LogP contribution in [0.15, 0.2) is 84.9 Å². The largest absolute Gasteiger partial charge is 0.476 e. The number of benzene rings is 3. The molecular weight excluding hydrogens is 424 g/mol. The number of carbonyl (C=O) groups is 1. The molecule has 1 heterocycles. The Morgan fingerprint density at radius 1 is 1.00 bits per heavy atom. The van der Waals surface area contributed by atoms with E-state index in [2.05, 4.69) is 5.32 Å². The van der Waals surface area contributed by atoms with E-state index in [9.17, 15) is 13.2 Å². The maximum absolute atomic E-state index is 13.3. The SMILES string of the molecule is CC[C@@H](NC(=O)[C@H]1CN(S(=O)(=O)Cc2ccccc2)c2ccccc2O1)c1ccccc1. The zero-order chi connectivity index (χ0) is 22.6. The fourth-order valence-corrected chi connectivity index (χ4v) is 5.42. The molecule has 0 radical (unpaired) electrons. The van der Waals surface area contributed by atoms with Crippen LogP contribution in [0.3, 0.4) is 0 Å². The fourth-order valence-electron chi connectivity index (χ4n) is 3.84. The molecule has 0 spiro atoms. The lowest BCUT2D eigenvalue weighted by atomic mass is 10.0. The molecule has 1 N–H and O–H groups in total. The number of hydrogen-bond donors (Lipinski definition) is 1. The molecule has 0 aromatic heterocycles. The van der Waals surface area contributed by atoms with Crippen LogP contribution in [0.5, 0.6) is 5.75 Å². The van der Waals surface area contributed by atoms with Crippen molar-refractivity contribution in [2.24, 2.45) is 0 Å². The topological polar surface area (TPSA) is 75.7 Å². The highest BCUT2D eigenvalue weighted by Gasteiger charge is 2.37. The summed E-state index contributed by atoms with van der Waals surface area (Å²) in [4.78, 5) is 13.1. The summed E-state index contributed by atoms with van der Waals surface area (Å²) in [7, 11) is -3.73. The second-order valence-electron chi connectivity index (χ2n) is 7.73. The number of fused-ring (bicyclic) bond motifs is 1. The molecule has 0 bridgehead atoms. The first kappa shape index (κ1) is 21.9. The van der Waals surface area contributed by atoms with Gasteiger partial charge in [0.15, 0.2) is 6.10 Å². The minimum atomic E-state index is -3.73. The van der Waals surface area contributed by atoms with Gasteiger partial charge in [-0.05, 0) is 29.7 Å². The zero-order valence-corrected chi connectivity index (χ0v) is 18.7. The summed E-state index contributed by atoms with van der Waals surface area (Å²) in [5, 5.41) is 3.02. The van der Waals surface area contributed by atoms with Crippen molar-refractivity contribution in [3.63, 3.8) is 0 Å². The molecule has 0 saturated carbocycles. The minimum absolute atomic E-state index is 0.0801. The third kappa shape index (κ3) is 4.78. The number of carbonyl (C=O) groups excluding carboxylic acids is 1. The van der Waals surface area contributed by atoms with Crippen molar-refractivity contribution in [1.29, 1.82) is 0 Å². The van der Waals surface area contributed by atoms with Gasteiger partial charge < -0.3 is 10.1 Å². The van der Waals surface area contributed by atoms with Crippen LogP contribution >= 0.6 is 0 Å². The summed E-state index contributed by atoms with van der Waals surface area (Å²) in [5.41, 5.74) is 2.13. The first-order valence-electron chi connectivity index (χ1n) is 10.6. The Morgan fingerprint density at radius 2 is 1.62 bits per heavy atom. The molecule has 0 fully saturated rings. The number of amides is 1. The first-order chi connectivity index (χ1) is 15.5. The highest BCUT2D eigenvalue weighted by molar-refractivity contribution is 7.92. The van der Waals surface area contributed by atoms with Gasteiger partial charge in [0.1, 0.15) is 5.75 Å². The second-order valence-corrected chi connectivity index (χ2v) is 9.62. The number of para-hydroxylation sites is 2. The molecule has 32 heavy (non-hydrogen) atoms. The van der Waals surface area contributed by atoms with Crippen LogP contribution in [0, 0.1) is 0 Å². The maximum Gasteiger partial charge on any atom is 0.263 e. The van der Waals surface area contributed by atoms with Gasteiger partial charge in [-0.2, -0.15) is 0 Å². The van der Waals surface area contributed by atoms with Gasteiger partial charge in [-0.15, -0.1) is 0 Å². The quantitative estimate of drug-likeness (QED) is 0.589. The molecule has 1 aliphatic heterocycles. The standard InChI is InChI=1S/C25H26N2O4S/c1-2-21(20-13-7-4-8-14-20)26-25(28)24-17-27(22-15-9-10-16-23(22)31-24)32(29,30)18-19-11-5-3-6-12-19/h3-16,21,24H,2,17-18H2,1H3,(H,26,28)/t21-,24-/m1/s1. The molecule has 1 amide bonds. The molecule has 0 aliphatic carbocycles. The Balaban J connectivity index is 1.58. The van der Waals surface area contributed by atoms with Gasteiger partial charge in [0.2, 0.25) is 10.0 Å². The van der Waals surface area contributed by atoms with Crippen molar-refractivity contribution in [3.8, 4) is 5.75 Å². The number of nitrogens with zero attached hydrogens (tertiary/aromatic N) is 1. The third-order valence-corrected chi connectivity index (χ3v) is 7.20. The van der Waals surface area contributed by atoms with Crippen molar-refractivity contribution < 1.29 is 17.9 Å². The van der Waals surface area contributed by atoms with Crippen LogP contribution < -0.4 is 14.4 Å². The average molecular weight is 451 g/mol. The molecule has 6 nitrogen and oxygen atoms in total. The molecule has 0 unspecified atom stereocenters. The number of nitrogens with one attached hydrogen (secondary N) is 1. The number of rotatable bonds is 7. The van der Waals surface area contributed by atoms with Gasteiger partial charge in [-0.3, -0.25) is 9.10 Å². The molecule has 0 saturated heterocycles. The second kappa shape index (κ2) is 9.44. The lowest BCUT2D eigenvalue weighted by Crippen LogP contribution is -2.51. The highest BCUT2D eigenvalue weighted by Crippen LogP contribution is 2.36. The van der Waals surface area contributed by atoms with E-state index in [0.717, 1.165) is 5.56 Å². The van der Waals surface area contributed by atoms with E-state index in [1.807, 2.05) is 55.5 Å². The van der Waals surface area contributed by atoms with E-state index in [-0.39, 0.29) is 24.2 Å². The molecule has 4 rings (SSSR count). The van der Waals surface area contributed by atoms with Crippen molar-refractivity contribution >= 4 is 21.6 Å². The van der Waals surface area contributed by atoms with Crippen LogP contribution in [0.4, 0.5) is 5.69 Å². The summed E-state index contributed by atoms with van der Waals surface area (Å²) in [6.45, 7) is 1.91. The Bertz CT molecular complexity index is 1170. The number of sulfonamides is 1. The first-order valence-corrected chi connectivity index (χ1v) is 12.2. The normalized spacial score (nSPS) is 16.5. The summed E-state index contributed by atoms with van der Waals surface area (Å²) in [6.07, 6.45) is -0.247. The van der Waals surface area contributed by atoms with Crippen molar-refractivity contribution in [2.75, 3.05) is 10.8 Å². The predicted molar refractivity (Wildman–Crippen MR) is 125 cm³/mol. The molecule has 1 aliphatic rings. The lowest BCUT2D eigenvalue weighted by molar-refractivity contribution is -0.128. The minimum Gasteiger partial charge on any atom is -0.476 e. The monoisotopic (exact) mass is 450 g/mol. The number of hydrogen-bond acceptors (Lipinski definition) is 4. The maximum atomic E-state index is 13.3. The number of ether oxygens (including phenoxy) is 1. The van der Waals surface area contributed by atoms with Crippen LogP contribution in [0.25, 0.3) is 0 Å². The van der Waals surface area contributed by atoms with Gasteiger partial charge in [-0.25, -0.2) is 8.42 Å². The summed E-state index contributed by atoms with van der Waals surface area (Å²) in [6, 6.07) is 25.4. The van der Waals surface area contributed by atoms with E-state index in [1.165, 1.54) is 4.31 Å². The Labute approximate surface area is 188 Å². The van der Waals surface area contributed by atoms with Crippen LogP contribution in [-0.4, -0.2) is 27.0 Å². The Hall–Kier alpha value is -3.32. The molecule has 2 atom stereocenters. The van der Waals surface area contributed by atoms with Crippen LogP contribution in [0.2, 0.25) is 0 Å². The molecule has 166 valence electrons. The smallest absolute Gasteiger partial charge is 0.263 e.